The standard InChI is InChI=1S/C21H23FN2O3/c1-15-3-2-4-19(11-15)24(21(27)23-10-9-18(22)13-23)12-16-5-7-17(8-6-16)20(26)14-25/h2-8,11,18,25H,9-10,12-14H2,1H3/t18-/m0/s1. The number of aliphatic hydroxyl groups is 1. The van der Waals surface area contributed by atoms with E-state index in [1.807, 2.05) is 31.2 Å². The molecule has 1 aliphatic heterocycles. The molecule has 0 unspecified atom stereocenters. The van der Waals surface area contributed by atoms with E-state index >= 15 is 0 Å². The Morgan fingerprint density at radius 3 is 2.56 bits per heavy atom. The number of nitrogens with zero attached hydrogens (tertiary/aromatic N) is 2. The molecule has 6 heteroatoms. The number of rotatable bonds is 5. The minimum absolute atomic E-state index is 0.116. The van der Waals surface area contributed by atoms with Crippen LogP contribution in [0.4, 0.5) is 14.9 Å². The van der Waals surface area contributed by atoms with Crippen LogP contribution in [0.3, 0.4) is 0 Å². The van der Waals surface area contributed by atoms with Crippen LogP contribution in [0.1, 0.15) is 27.9 Å². The quantitative estimate of drug-likeness (QED) is 0.821. The first-order valence-electron chi connectivity index (χ1n) is 8.98. The van der Waals surface area contributed by atoms with E-state index in [2.05, 4.69) is 0 Å². The molecule has 142 valence electrons. The lowest BCUT2D eigenvalue weighted by molar-refractivity contribution is 0.0903. The number of hydrogen-bond donors (Lipinski definition) is 1. The number of ketones is 1. The molecule has 2 aromatic rings. The van der Waals surface area contributed by atoms with Crippen LogP contribution in [0, 0.1) is 6.92 Å². The number of Topliss-reactive ketones (excluding diaryl/α,β-unsaturated/α-hetero) is 1. The highest BCUT2D eigenvalue weighted by molar-refractivity contribution is 5.97. The highest BCUT2D eigenvalue weighted by atomic mass is 19.1. The monoisotopic (exact) mass is 370 g/mol. The molecule has 3 rings (SSSR count). The van der Waals surface area contributed by atoms with E-state index < -0.39 is 12.8 Å². The predicted molar refractivity (Wildman–Crippen MR) is 102 cm³/mol. The Bertz CT molecular complexity index is 822. The summed E-state index contributed by atoms with van der Waals surface area (Å²) in [4.78, 5) is 27.8. The summed E-state index contributed by atoms with van der Waals surface area (Å²) in [5.41, 5.74) is 3.04. The zero-order valence-corrected chi connectivity index (χ0v) is 15.3. The van der Waals surface area contributed by atoms with E-state index in [4.69, 9.17) is 5.11 Å². The van der Waals surface area contributed by atoms with Crippen LogP contribution in [0.25, 0.3) is 0 Å². The molecule has 0 aromatic heterocycles. The van der Waals surface area contributed by atoms with Crippen LogP contribution < -0.4 is 4.90 Å². The van der Waals surface area contributed by atoms with Crippen LogP contribution >= 0.6 is 0 Å². The van der Waals surface area contributed by atoms with E-state index in [-0.39, 0.29) is 18.4 Å². The highest BCUT2D eigenvalue weighted by Crippen LogP contribution is 2.23. The summed E-state index contributed by atoms with van der Waals surface area (Å²) >= 11 is 0. The molecule has 0 radical (unpaired) electrons. The number of aliphatic hydroxyl groups excluding tert-OH is 1. The molecule has 1 heterocycles. The average Bonchev–Trinajstić information content (AvgIpc) is 3.12. The molecule has 5 nitrogen and oxygen atoms in total. The number of carbonyl (C=O) groups is 2. The zero-order chi connectivity index (χ0) is 19.4. The fraction of sp³-hybridized carbons (Fsp3) is 0.333. The minimum atomic E-state index is -0.975. The Labute approximate surface area is 158 Å². The molecule has 1 saturated heterocycles. The smallest absolute Gasteiger partial charge is 0.324 e. The number of alkyl halides is 1. The molecule has 1 fully saturated rings. The molecule has 1 atom stereocenters. The maximum Gasteiger partial charge on any atom is 0.324 e. The van der Waals surface area contributed by atoms with E-state index in [0.29, 0.717) is 25.1 Å². The Kier molecular flexibility index (Phi) is 5.86. The molecule has 2 aromatic carbocycles. The zero-order valence-electron chi connectivity index (χ0n) is 15.3. The third kappa shape index (κ3) is 4.52. The third-order valence-electron chi connectivity index (χ3n) is 4.71. The van der Waals surface area contributed by atoms with Gasteiger partial charge in [-0.2, -0.15) is 0 Å². The number of aryl methyl sites for hydroxylation is 1. The second-order valence-corrected chi connectivity index (χ2v) is 6.82. The molecule has 2 amide bonds. The first-order chi connectivity index (χ1) is 13.0. The fourth-order valence-electron chi connectivity index (χ4n) is 3.20. The average molecular weight is 370 g/mol. The molecule has 0 bridgehead atoms. The molecular weight excluding hydrogens is 347 g/mol. The van der Waals surface area contributed by atoms with Crippen molar-refractivity contribution >= 4 is 17.5 Å². The first-order valence-corrected chi connectivity index (χ1v) is 8.98. The maximum atomic E-state index is 13.6. The third-order valence-corrected chi connectivity index (χ3v) is 4.71. The van der Waals surface area contributed by atoms with Gasteiger partial charge in [0.05, 0.1) is 13.1 Å². The summed E-state index contributed by atoms with van der Waals surface area (Å²) < 4.78 is 13.6. The van der Waals surface area contributed by atoms with E-state index in [1.165, 1.54) is 4.90 Å². The molecular formula is C21H23FN2O3. The molecule has 0 spiro atoms. The first kappa shape index (κ1) is 19.0. The summed E-state index contributed by atoms with van der Waals surface area (Å²) in [5.74, 6) is -0.348. The SMILES string of the molecule is Cc1cccc(N(Cc2ccc(C(=O)CO)cc2)C(=O)N2CC[C@H](F)C2)c1. The predicted octanol–water partition coefficient (Wildman–Crippen LogP) is 3.34. The highest BCUT2D eigenvalue weighted by Gasteiger charge is 2.30. The summed E-state index contributed by atoms with van der Waals surface area (Å²) in [6.07, 6.45) is -0.608. The van der Waals surface area contributed by atoms with Gasteiger partial charge in [0.25, 0.3) is 0 Å². The maximum absolute atomic E-state index is 13.6. The number of anilines is 1. The van der Waals surface area contributed by atoms with Crippen molar-refractivity contribution in [3.05, 3.63) is 65.2 Å². The van der Waals surface area contributed by atoms with Crippen LogP contribution in [-0.4, -0.2) is 47.7 Å². The van der Waals surface area contributed by atoms with E-state index in [1.54, 1.807) is 29.2 Å². The van der Waals surface area contributed by atoms with Gasteiger partial charge >= 0.3 is 6.03 Å². The fourth-order valence-corrected chi connectivity index (χ4v) is 3.20. The summed E-state index contributed by atoms with van der Waals surface area (Å²) in [5, 5.41) is 8.95. The van der Waals surface area contributed by atoms with Gasteiger partial charge in [0.2, 0.25) is 0 Å². The lowest BCUT2D eigenvalue weighted by atomic mass is 10.1. The Balaban J connectivity index is 1.85. The van der Waals surface area contributed by atoms with Crippen molar-refractivity contribution in [1.29, 1.82) is 0 Å². The Morgan fingerprint density at radius 1 is 1.22 bits per heavy atom. The van der Waals surface area contributed by atoms with Gasteiger partial charge in [-0.1, -0.05) is 36.4 Å². The van der Waals surface area contributed by atoms with Gasteiger partial charge in [0.15, 0.2) is 5.78 Å². The summed E-state index contributed by atoms with van der Waals surface area (Å²) in [6, 6.07) is 14.2. The van der Waals surface area contributed by atoms with Crippen molar-refractivity contribution in [2.24, 2.45) is 0 Å². The number of carbonyl (C=O) groups excluding carboxylic acids is 2. The second-order valence-electron chi connectivity index (χ2n) is 6.82. The van der Waals surface area contributed by atoms with E-state index in [0.717, 1.165) is 16.8 Å². The molecule has 1 N–H and O–H groups in total. The molecule has 27 heavy (non-hydrogen) atoms. The lowest BCUT2D eigenvalue weighted by Crippen LogP contribution is -2.42. The number of hydrogen-bond acceptors (Lipinski definition) is 3. The van der Waals surface area contributed by atoms with Gasteiger partial charge < -0.3 is 10.0 Å². The van der Waals surface area contributed by atoms with Crippen LogP contribution in [0.15, 0.2) is 48.5 Å². The molecule has 1 aliphatic rings. The van der Waals surface area contributed by atoms with Crippen LogP contribution in [0.2, 0.25) is 0 Å². The van der Waals surface area contributed by atoms with Gasteiger partial charge in [0.1, 0.15) is 12.8 Å². The van der Waals surface area contributed by atoms with Gasteiger partial charge in [-0.25, -0.2) is 9.18 Å². The number of benzene rings is 2. The van der Waals surface area contributed by atoms with Gasteiger partial charge in [-0.05, 0) is 36.6 Å². The van der Waals surface area contributed by atoms with Crippen molar-refractivity contribution in [2.45, 2.75) is 26.1 Å². The summed E-state index contributed by atoms with van der Waals surface area (Å²) in [7, 11) is 0. The number of urea groups is 1. The van der Waals surface area contributed by atoms with Crippen LogP contribution in [-0.2, 0) is 6.54 Å². The minimum Gasteiger partial charge on any atom is -0.388 e. The normalized spacial score (nSPS) is 16.4. The van der Waals surface area contributed by atoms with Crippen molar-refractivity contribution in [2.75, 3.05) is 24.6 Å². The lowest BCUT2D eigenvalue weighted by Gasteiger charge is -2.28. The van der Waals surface area contributed by atoms with Gasteiger partial charge in [-0.3, -0.25) is 9.69 Å². The van der Waals surface area contributed by atoms with Gasteiger partial charge in [0, 0.05) is 17.8 Å². The van der Waals surface area contributed by atoms with Crippen molar-refractivity contribution in [1.82, 2.24) is 4.90 Å². The molecule has 0 aliphatic carbocycles. The number of amides is 2. The second kappa shape index (κ2) is 8.31. The van der Waals surface area contributed by atoms with Crippen molar-refractivity contribution in [3.8, 4) is 0 Å². The summed E-state index contributed by atoms with van der Waals surface area (Å²) in [6.45, 7) is 2.25. The largest absolute Gasteiger partial charge is 0.388 e. The van der Waals surface area contributed by atoms with Crippen LogP contribution in [0.5, 0.6) is 0 Å². The van der Waals surface area contributed by atoms with Crippen molar-refractivity contribution < 1.29 is 19.1 Å². The Morgan fingerprint density at radius 2 is 1.96 bits per heavy atom. The topological polar surface area (TPSA) is 60.9 Å². The molecule has 0 saturated carbocycles. The van der Waals surface area contributed by atoms with E-state index in [9.17, 15) is 14.0 Å². The Hall–Kier alpha value is -2.73. The van der Waals surface area contributed by atoms with Crippen molar-refractivity contribution in [3.63, 3.8) is 0 Å². The number of halogens is 1. The van der Waals surface area contributed by atoms with Gasteiger partial charge in [-0.15, -0.1) is 0 Å². The number of likely N-dealkylation sites (tertiary alicyclic amines) is 1.